The van der Waals surface area contributed by atoms with Crippen molar-refractivity contribution in [2.75, 3.05) is 5.88 Å². The maximum Gasteiger partial charge on any atom is 0.230 e. The van der Waals surface area contributed by atoms with Gasteiger partial charge < -0.3 is 5.32 Å². The van der Waals surface area contributed by atoms with E-state index in [-0.39, 0.29) is 11.4 Å². The topological polar surface area (TPSA) is 29.1 Å². The second kappa shape index (κ2) is 5.54. The van der Waals surface area contributed by atoms with E-state index in [0.717, 1.165) is 31.2 Å². The van der Waals surface area contributed by atoms with E-state index in [2.05, 4.69) is 5.32 Å². The zero-order valence-corrected chi connectivity index (χ0v) is 12.5. The largest absolute Gasteiger partial charge is 0.349 e. The minimum absolute atomic E-state index is 0.0706. The van der Waals surface area contributed by atoms with Crippen molar-refractivity contribution < 1.29 is 4.79 Å². The summed E-state index contributed by atoms with van der Waals surface area (Å²) in [4.78, 5) is 12.6. The van der Waals surface area contributed by atoms with Gasteiger partial charge in [-0.15, -0.1) is 11.6 Å². The Balaban J connectivity index is 2.15. The summed E-state index contributed by atoms with van der Waals surface area (Å²) in [6, 6.07) is 9.91. The van der Waals surface area contributed by atoms with Crippen LogP contribution in [0.4, 0.5) is 0 Å². The van der Waals surface area contributed by atoms with Crippen LogP contribution >= 0.6 is 11.6 Å². The van der Waals surface area contributed by atoms with Gasteiger partial charge in [-0.2, -0.15) is 0 Å². The minimum atomic E-state index is -0.525. The van der Waals surface area contributed by atoms with Crippen molar-refractivity contribution in [3.05, 3.63) is 35.9 Å². The van der Waals surface area contributed by atoms with Crippen molar-refractivity contribution in [3.63, 3.8) is 0 Å². The van der Waals surface area contributed by atoms with Gasteiger partial charge in [0.2, 0.25) is 5.91 Å². The van der Waals surface area contributed by atoms with Gasteiger partial charge in [0, 0.05) is 5.88 Å². The van der Waals surface area contributed by atoms with Gasteiger partial charge in [-0.3, -0.25) is 4.79 Å². The van der Waals surface area contributed by atoms with Crippen LogP contribution in [0.2, 0.25) is 0 Å². The fraction of sp³-hybridized carbons (Fsp3) is 0.562. The molecular formula is C16H22ClNO. The second-order valence-electron chi connectivity index (χ2n) is 6.07. The number of carbonyl (C=O) groups excluding carboxylic acids is 1. The number of alkyl halides is 1. The molecule has 2 nitrogen and oxygen atoms in total. The van der Waals surface area contributed by atoms with Crippen molar-refractivity contribution in [3.8, 4) is 0 Å². The van der Waals surface area contributed by atoms with E-state index in [4.69, 9.17) is 11.6 Å². The number of benzene rings is 1. The van der Waals surface area contributed by atoms with Gasteiger partial charge in [-0.05, 0) is 32.3 Å². The Morgan fingerprint density at radius 2 is 1.84 bits per heavy atom. The number of carbonyl (C=O) groups is 1. The molecule has 0 aromatic heterocycles. The highest BCUT2D eigenvalue weighted by atomic mass is 35.5. The van der Waals surface area contributed by atoms with Crippen molar-refractivity contribution in [2.24, 2.45) is 0 Å². The van der Waals surface area contributed by atoms with Gasteiger partial charge in [0.25, 0.3) is 0 Å². The molecule has 1 N–H and O–H groups in total. The zero-order valence-electron chi connectivity index (χ0n) is 11.7. The van der Waals surface area contributed by atoms with Gasteiger partial charge in [0.1, 0.15) is 0 Å². The van der Waals surface area contributed by atoms with E-state index in [1.165, 1.54) is 0 Å². The monoisotopic (exact) mass is 279 g/mol. The van der Waals surface area contributed by atoms with Crippen LogP contribution in [-0.4, -0.2) is 17.3 Å². The summed E-state index contributed by atoms with van der Waals surface area (Å²) in [7, 11) is 0. The Labute approximate surface area is 120 Å². The van der Waals surface area contributed by atoms with Crippen LogP contribution < -0.4 is 5.32 Å². The van der Waals surface area contributed by atoms with Crippen LogP contribution in [0.3, 0.4) is 0 Å². The second-order valence-corrected chi connectivity index (χ2v) is 6.33. The summed E-state index contributed by atoms with van der Waals surface area (Å²) in [5, 5.41) is 3.21. The number of hydrogen-bond acceptors (Lipinski definition) is 1. The highest BCUT2D eigenvalue weighted by Gasteiger charge is 2.39. The first-order chi connectivity index (χ1) is 9.00. The first kappa shape index (κ1) is 14.4. The van der Waals surface area contributed by atoms with Gasteiger partial charge in [0.15, 0.2) is 0 Å². The fourth-order valence-corrected chi connectivity index (χ4v) is 3.06. The lowest BCUT2D eigenvalue weighted by Crippen LogP contribution is -2.53. The molecular weight excluding hydrogens is 258 g/mol. The molecule has 1 amide bonds. The summed E-state index contributed by atoms with van der Waals surface area (Å²) in [6.07, 6.45) is 4.29. The number of nitrogens with one attached hydrogen (secondary N) is 1. The van der Waals surface area contributed by atoms with E-state index in [1.54, 1.807) is 0 Å². The summed E-state index contributed by atoms with van der Waals surface area (Å²) < 4.78 is 0. The third-order valence-electron chi connectivity index (χ3n) is 4.26. The van der Waals surface area contributed by atoms with E-state index in [9.17, 15) is 4.79 Å². The molecule has 1 saturated carbocycles. The first-order valence-electron chi connectivity index (χ1n) is 6.94. The lowest BCUT2D eigenvalue weighted by atomic mass is 9.82. The van der Waals surface area contributed by atoms with Crippen LogP contribution in [0, 0.1) is 0 Å². The van der Waals surface area contributed by atoms with E-state index in [1.807, 2.05) is 44.2 Å². The molecule has 0 spiro atoms. The molecule has 0 heterocycles. The van der Waals surface area contributed by atoms with Gasteiger partial charge in [-0.1, -0.05) is 43.2 Å². The van der Waals surface area contributed by atoms with Crippen molar-refractivity contribution in [2.45, 2.75) is 50.5 Å². The Morgan fingerprint density at radius 3 is 2.37 bits per heavy atom. The quantitative estimate of drug-likeness (QED) is 0.838. The molecule has 0 bridgehead atoms. The van der Waals surface area contributed by atoms with E-state index in [0.29, 0.717) is 5.88 Å². The molecule has 0 saturated heterocycles. The summed E-state index contributed by atoms with van der Waals surface area (Å²) in [6.45, 7) is 3.93. The van der Waals surface area contributed by atoms with Gasteiger partial charge in [-0.25, -0.2) is 0 Å². The normalized spacial score (nSPS) is 18.3. The van der Waals surface area contributed by atoms with Gasteiger partial charge in [0.05, 0.1) is 11.0 Å². The third-order valence-corrected chi connectivity index (χ3v) is 4.77. The molecule has 1 aromatic carbocycles. The van der Waals surface area contributed by atoms with Crippen molar-refractivity contribution in [1.29, 1.82) is 0 Å². The Hall–Kier alpha value is -1.02. The van der Waals surface area contributed by atoms with Crippen LogP contribution in [0.15, 0.2) is 30.3 Å². The smallest absolute Gasteiger partial charge is 0.230 e. The lowest BCUT2D eigenvalue weighted by molar-refractivity contribution is -0.127. The minimum Gasteiger partial charge on any atom is -0.349 e. The fourth-order valence-electron chi connectivity index (χ4n) is 2.73. The molecule has 0 aliphatic heterocycles. The van der Waals surface area contributed by atoms with E-state index < -0.39 is 5.41 Å². The molecule has 0 atom stereocenters. The zero-order chi connectivity index (χ0) is 13.9. The Bertz CT molecular complexity index is 435. The molecule has 1 aliphatic rings. The number of halogens is 1. The molecule has 0 unspecified atom stereocenters. The van der Waals surface area contributed by atoms with E-state index >= 15 is 0 Å². The molecule has 1 aromatic rings. The summed E-state index contributed by atoms with van der Waals surface area (Å²) in [5.41, 5.74) is 0.323. The number of amides is 1. The summed E-state index contributed by atoms with van der Waals surface area (Å²) >= 11 is 6.09. The van der Waals surface area contributed by atoms with Crippen molar-refractivity contribution >= 4 is 17.5 Å². The summed E-state index contributed by atoms with van der Waals surface area (Å²) in [5.74, 6) is 0.574. The van der Waals surface area contributed by atoms with Crippen molar-refractivity contribution in [1.82, 2.24) is 5.32 Å². The Kier molecular flexibility index (Phi) is 4.19. The first-order valence-corrected chi connectivity index (χ1v) is 7.48. The molecule has 1 aliphatic carbocycles. The predicted octanol–water partition coefficient (Wildman–Crippen LogP) is 3.63. The van der Waals surface area contributed by atoms with Crippen LogP contribution in [0.5, 0.6) is 0 Å². The SMILES string of the molecule is CC(C)(C(=O)NC1(CCl)CCCC1)c1ccccc1. The average molecular weight is 280 g/mol. The maximum absolute atomic E-state index is 12.6. The standard InChI is InChI=1S/C16H22ClNO/c1-15(2,13-8-4-3-5-9-13)14(19)18-16(12-17)10-6-7-11-16/h3-5,8-9H,6-7,10-12H2,1-2H3,(H,18,19). The predicted molar refractivity (Wildman–Crippen MR) is 79.5 cm³/mol. The number of rotatable bonds is 4. The lowest BCUT2D eigenvalue weighted by Gasteiger charge is -2.33. The molecule has 19 heavy (non-hydrogen) atoms. The van der Waals surface area contributed by atoms with Crippen LogP contribution in [-0.2, 0) is 10.2 Å². The molecule has 1 fully saturated rings. The molecule has 104 valence electrons. The average Bonchev–Trinajstić information content (AvgIpc) is 2.89. The molecule has 0 radical (unpaired) electrons. The van der Waals surface area contributed by atoms with Crippen LogP contribution in [0.25, 0.3) is 0 Å². The molecule has 2 rings (SSSR count). The maximum atomic E-state index is 12.6. The third kappa shape index (κ3) is 2.94. The van der Waals surface area contributed by atoms with Crippen LogP contribution in [0.1, 0.15) is 45.1 Å². The highest BCUT2D eigenvalue weighted by Crippen LogP contribution is 2.32. The Morgan fingerprint density at radius 1 is 1.26 bits per heavy atom. The molecule has 3 heteroatoms. The van der Waals surface area contributed by atoms with Gasteiger partial charge >= 0.3 is 0 Å². The number of hydrogen-bond donors (Lipinski definition) is 1. The highest BCUT2D eigenvalue weighted by molar-refractivity contribution is 6.18.